The van der Waals surface area contributed by atoms with Crippen molar-refractivity contribution in [2.45, 2.75) is 18.3 Å². The molecule has 1 aromatic heterocycles. The van der Waals surface area contributed by atoms with Crippen molar-refractivity contribution in [3.63, 3.8) is 0 Å². The first-order valence-electron chi connectivity index (χ1n) is 9.02. The van der Waals surface area contributed by atoms with Crippen LogP contribution in [-0.4, -0.2) is 55.2 Å². The van der Waals surface area contributed by atoms with Crippen molar-refractivity contribution in [2.24, 2.45) is 0 Å². The first kappa shape index (κ1) is 17.8. The predicted octanol–water partition coefficient (Wildman–Crippen LogP) is 1.92. The van der Waals surface area contributed by atoms with E-state index in [0.29, 0.717) is 37.2 Å². The van der Waals surface area contributed by atoms with Gasteiger partial charge in [0.2, 0.25) is 0 Å². The summed E-state index contributed by atoms with van der Waals surface area (Å²) in [7, 11) is 0. The highest BCUT2D eigenvalue weighted by Gasteiger charge is 2.44. The van der Waals surface area contributed by atoms with Crippen LogP contribution in [0.4, 0.5) is 0 Å². The molecule has 0 saturated carbocycles. The van der Waals surface area contributed by atoms with E-state index in [1.54, 1.807) is 23.1 Å². The number of carbonyl (C=O) groups excluding carboxylic acids is 1. The molecule has 4 rings (SSSR count). The maximum absolute atomic E-state index is 13.1. The van der Waals surface area contributed by atoms with Crippen molar-refractivity contribution < 1.29 is 14.7 Å². The van der Waals surface area contributed by atoms with Gasteiger partial charge in [-0.3, -0.25) is 9.59 Å². The topological polar surface area (TPSA) is 101 Å². The van der Waals surface area contributed by atoms with Gasteiger partial charge < -0.3 is 10.0 Å². The predicted molar refractivity (Wildman–Crippen MR) is 100 cm³/mol. The Morgan fingerprint density at radius 2 is 1.64 bits per heavy atom. The van der Waals surface area contributed by atoms with Crippen LogP contribution in [-0.2, 0) is 10.2 Å². The molecule has 0 aliphatic carbocycles. The number of carbonyl (C=O) groups is 2. The minimum atomic E-state index is -0.965. The summed E-state index contributed by atoms with van der Waals surface area (Å²) in [6.45, 7) is 0.730. The number of aromatic nitrogens is 4. The fraction of sp³-hybridized carbons (Fsp3) is 0.250. The Morgan fingerprint density at radius 3 is 2.29 bits per heavy atom. The SMILES string of the molecule is O=C(c1ccccc1-n1cnnn1)N1CCC(C(=O)O)(c2ccccc2)CC1. The number of aliphatic carboxylic acids is 1. The Hall–Kier alpha value is -3.55. The van der Waals surface area contributed by atoms with E-state index in [1.807, 2.05) is 36.4 Å². The van der Waals surface area contributed by atoms with Crippen LogP contribution in [0.25, 0.3) is 5.69 Å². The van der Waals surface area contributed by atoms with Crippen LogP contribution in [0, 0.1) is 0 Å². The minimum absolute atomic E-state index is 0.154. The second-order valence-corrected chi connectivity index (χ2v) is 6.82. The number of amides is 1. The molecule has 1 N–H and O–H groups in total. The number of rotatable bonds is 4. The number of nitrogens with zero attached hydrogens (tertiary/aromatic N) is 5. The van der Waals surface area contributed by atoms with Gasteiger partial charge in [-0.05, 0) is 41.0 Å². The molecule has 142 valence electrons. The van der Waals surface area contributed by atoms with Crippen LogP contribution < -0.4 is 0 Å². The third-order valence-electron chi connectivity index (χ3n) is 5.37. The summed E-state index contributed by atoms with van der Waals surface area (Å²) in [5, 5.41) is 21.0. The lowest BCUT2D eigenvalue weighted by atomic mass is 9.72. The summed E-state index contributed by atoms with van der Waals surface area (Å²) in [6.07, 6.45) is 2.17. The van der Waals surface area contributed by atoms with E-state index in [-0.39, 0.29) is 5.91 Å². The van der Waals surface area contributed by atoms with Crippen molar-refractivity contribution in [1.29, 1.82) is 0 Å². The number of para-hydroxylation sites is 1. The summed E-state index contributed by atoms with van der Waals surface area (Å²) in [4.78, 5) is 26.9. The van der Waals surface area contributed by atoms with Gasteiger partial charge in [0.25, 0.3) is 5.91 Å². The van der Waals surface area contributed by atoms with Crippen LogP contribution in [0.5, 0.6) is 0 Å². The van der Waals surface area contributed by atoms with Gasteiger partial charge in [-0.15, -0.1) is 5.10 Å². The van der Waals surface area contributed by atoms with E-state index >= 15 is 0 Å². The number of hydrogen-bond acceptors (Lipinski definition) is 5. The second kappa shape index (κ2) is 7.22. The van der Waals surface area contributed by atoms with Gasteiger partial charge in [0.05, 0.1) is 16.7 Å². The van der Waals surface area contributed by atoms with Crippen molar-refractivity contribution in [1.82, 2.24) is 25.1 Å². The van der Waals surface area contributed by atoms with Crippen LogP contribution in [0.3, 0.4) is 0 Å². The summed E-state index contributed by atoms with van der Waals surface area (Å²) < 4.78 is 1.45. The second-order valence-electron chi connectivity index (χ2n) is 6.82. The van der Waals surface area contributed by atoms with Crippen LogP contribution in [0.1, 0.15) is 28.8 Å². The van der Waals surface area contributed by atoms with Gasteiger partial charge in [-0.2, -0.15) is 4.68 Å². The average molecular weight is 377 g/mol. The lowest BCUT2D eigenvalue weighted by Gasteiger charge is -2.39. The summed E-state index contributed by atoms with van der Waals surface area (Å²) in [5.41, 5.74) is 0.893. The Bertz CT molecular complexity index is 980. The molecule has 1 fully saturated rings. The Labute approximate surface area is 161 Å². The molecule has 1 aliphatic heterocycles. The number of hydrogen-bond donors (Lipinski definition) is 1. The zero-order valence-corrected chi connectivity index (χ0v) is 15.1. The van der Waals surface area contributed by atoms with Crippen LogP contribution in [0.15, 0.2) is 60.9 Å². The van der Waals surface area contributed by atoms with E-state index < -0.39 is 11.4 Å². The fourth-order valence-electron chi connectivity index (χ4n) is 3.77. The van der Waals surface area contributed by atoms with E-state index in [2.05, 4.69) is 15.5 Å². The molecule has 8 nitrogen and oxygen atoms in total. The van der Waals surface area contributed by atoms with Gasteiger partial charge >= 0.3 is 5.97 Å². The molecule has 0 radical (unpaired) electrons. The van der Waals surface area contributed by atoms with Gasteiger partial charge in [-0.1, -0.05) is 42.5 Å². The highest BCUT2D eigenvalue weighted by atomic mass is 16.4. The van der Waals surface area contributed by atoms with Crippen LogP contribution in [0.2, 0.25) is 0 Å². The molecule has 0 bridgehead atoms. The normalized spacial score (nSPS) is 15.9. The first-order valence-corrected chi connectivity index (χ1v) is 9.02. The van der Waals surface area contributed by atoms with E-state index in [0.717, 1.165) is 5.56 Å². The zero-order chi connectivity index (χ0) is 19.6. The molecule has 2 heterocycles. The number of benzene rings is 2. The fourth-order valence-corrected chi connectivity index (χ4v) is 3.77. The smallest absolute Gasteiger partial charge is 0.314 e. The Morgan fingerprint density at radius 1 is 0.964 bits per heavy atom. The van der Waals surface area contributed by atoms with Gasteiger partial charge in [-0.25, -0.2) is 0 Å². The summed E-state index contributed by atoms with van der Waals surface area (Å²) in [5.74, 6) is -1.00. The van der Waals surface area contributed by atoms with Crippen molar-refractivity contribution in [3.8, 4) is 5.69 Å². The third-order valence-corrected chi connectivity index (χ3v) is 5.37. The maximum atomic E-state index is 13.1. The highest BCUT2D eigenvalue weighted by Crippen LogP contribution is 2.36. The first-order chi connectivity index (χ1) is 13.6. The molecule has 0 unspecified atom stereocenters. The van der Waals surface area contributed by atoms with Gasteiger partial charge in [0, 0.05) is 13.1 Å². The van der Waals surface area contributed by atoms with Crippen molar-refractivity contribution in [2.75, 3.05) is 13.1 Å². The molecule has 1 amide bonds. The Kier molecular flexibility index (Phi) is 4.60. The number of carboxylic acid groups (broad SMARTS) is 1. The average Bonchev–Trinajstić information content (AvgIpc) is 3.28. The molecule has 0 spiro atoms. The largest absolute Gasteiger partial charge is 0.481 e. The van der Waals surface area contributed by atoms with Crippen molar-refractivity contribution >= 4 is 11.9 Å². The molecule has 8 heteroatoms. The summed E-state index contributed by atoms with van der Waals surface area (Å²) >= 11 is 0. The molecule has 28 heavy (non-hydrogen) atoms. The molecule has 2 aromatic carbocycles. The van der Waals surface area contributed by atoms with Gasteiger partial charge in [0.15, 0.2) is 0 Å². The standard InChI is InChI=1S/C20H19N5O3/c26-18(16-8-4-5-9-17(16)25-14-21-22-23-25)24-12-10-20(11-13-24,19(27)28)15-6-2-1-3-7-15/h1-9,14H,10-13H2,(H,27,28). The molecule has 1 aliphatic rings. The number of carboxylic acids is 1. The zero-order valence-electron chi connectivity index (χ0n) is 15.1. The monoisotopic (exact) mass is 377 g/mol. The third kappa shape index (κ3) is 3.02. The molecular formula is C20H19N5O3. The molecule has 0 atom stereocenters. The number of tetrazole rings is 1. The van der Waals surface area contributed by atoms with Crippen molar-refractivity contribution in [3.05, 3.63) is 72.1 Å². The lowest BCUT2D eigenvalue weighted by molar-refractivity contribution is -0.145. The van der Waals surface area contributed by atoms with Gasteiger partial charge in [0.1, 0.15) is 6.33 Å². The quantitative estimate of drug-likeness (QED) is 0.745. The molecule has 1 saturated heterocycles. The Balaban J connectivity index is 1.58. The molecule has 3 aromatic rings. The van der Waals surface area contributed by atoms with E-state index in [1.165, 1.54) is 11.0 Å². The maximum Gasteiger partial charge on any atom is 0.314 e. The summed E-state index contributed by atoms with van der Waals surface area (Å²) in [6, 6.07) is 16.4. The van der Waals surface area contributed by atoms with E-state index in [4.69, 9.17) is 0 Å². The lowest BCUT2D eigenvalue weighted by Crippen LogP contribution is -2.49. The highest BCUT2D eigenvalue weighted by molar-refractivity contribution is 5.98. The van der Waals surface area contributed by atoms with Crippen LogP contribution >= 0.6 is 0 Å². The number of likely N-dealkylation sites (tertiary alicyclic amines) is 1. The minimum Gasteiger partial charge on any atom is -0.481 e. The van der Waals surface area contributed by atoms with E-state index in [9.17, 15) is 14.7 Å². The number of piperidine rings is 1. The molecular weight excluding hydrogens is 358 g/mol.